The monoisotopic (exact) mass is 373 g/mol. The maximum atomic E-state index is 12.7. The highest BCUT2D eigenvalue weighted by Crippen LogP contribution is 2.34. The van der Waals surface area contributed by atoms with Gasteiger partial charge in [-0.1, -0.05) is 43.0 Å². The van der Waals surface area contributed by atoms with E-state index >= 15 is 0 Å². The Morgan fingerprint density at radius 2 is 1.92 bits per heavy atom. The fourth-order valence-electron chi connectivity index (χ4n) is 3.70. The Balaban J connectivity index is 1.74. The number of halogens is 1. The second-order valence-electron chi connectivity index (χ2n) is 7.12. The van der Waals surface area contributed by atoms with Gasteiger partial charge >= 0.3 is 0 Å². The highest BCUT2D eigenvalue weighted by Gasteiger charge is 2.23. The van der Waals surface area contributed by atoms with Crippen molar-refractivity contribution < 1.29 is 14.7 Å². The first-order valence-corrected chi connectivity index (χ1v) is 9.55. The zero-order valence-electron chi connectivity index (χ0n) is 14.9. The Labute approximate surface area is 158 Å². The van der Waals surface area contributed by atoms with Gasteiger partial charge in [0.1, 0.15) is 5.75 Å². The van der Waals surface area contributed by atoms with Gasteiger partial charge in [0.25, 0.3) is 5.91 Å². The molecule has 0 saturated heterocycles. The molecule has 1 fully saturated rings. The number of amides is 1. The zero-order chi connectivity index (χ0) is 18.7. The van der Waals surface area contributed by atoms with Crippen LogP contribution in [0.25, 0.3) is 0 Å². The maximum Gasteiger partial charge on any atom is 0.255 e. The molecule has 1 aromatic rings. The molecule has 0 spiro atoms. The standard InChI is InChI=1S/C21H24ClNO3/c1-13(24)15-7-9-19(18(22)12-15)23-21(26)17-11-16(8-10-20(17)25)14-5-3-2-4-6-14/h7-8,10-12,14,19,25H,2-6,9H2,1H3,(H,23,26). The van der Waals surface area contributed by atoms with E-state index in [1.165, 1.54) is 26.2 Å². The summed E-state index contributed by atoms with van der Waals surface area (Å²) in [6.45, 7) is 1.49. The summed E-state index contributed by atoms with van der Waals surface area (Å²) >= 11 is 6.24. The molecule has 4 nitrogen and oxygen atoms in total. The van der Waals surface area contributed by atoms with Crippen LogP contribution in [0.4, 0.5) is 0 Å². The number of rotatable bonds is 4. The fraction of sp³-hybridized carbons (Fsp3) is 0.429. The number of ketones is 1. The van der Waals surface area contributed by atoms with E-state index in [0.717, 1.165) is 18.4 Å². The van der Waals surface area contributed by atoms with E-state index in [2.05, 4.69) is 5.32 Å². The number of carbonyl (C=O) groups is 2. The summed E-state index contributed by atoms with van der Waals surface area (Å²) in [7, 11) is 0. The third kappa shape index (κ3) is 4.18. The predicted molar refractivity (Wildman–Crippen MR) is 103 cm³/mol. The van der Waals surface area contributed by atoms with Crippen molar-refractivity contribution in [2.24, 2.45) is 0 Å². The Bertz CT molecular complexity index is 775. The van der Waals surface area contributed by atoms with E-state index in [-0.39, 0.29) is 29.0 Å². The molecule has 138 valence electrons. The van der Waals surface area contributed by atoms with Crippen molar-refractivity contribution in [3.63, 3.8) is 0 Å². The van der Waals surface area contributed by atoms with E-state index in [9.17, 15) is 14.7 Å². The molecular formula is C21H24ClNO3. The lowest BCUT2D eigenvalue weighted by Crippen LogP contribution is -2.36. The first-order valence-electron chi connectivity index (χ1n) is 9.17. The molecule has 1 unspecified atom stereocenters. The molecule has 2 aliphatic carbocycles. The van der Waals surface area contributed by atoms with Gasteiger partial charge in [-0.3, -0.25) is 9.59 Å². The summed E-state index contributed by atoms with van der Waals surface area (Å²) in [5.41, 5.74) is 1.94. The van der Waals surface area contributed by atoms with Crippen molar-refractivity contribution in [2.45, 2.75) is 57.4 Å². The number of carbonyl (C=O) groups excluding carboxylic acids is 2. The van der Waals surface area contributed by atoms with Crippen LogP contribution in [0.1, 0.15) is 67.3 Å². The number of aromatic hydroxyl groups is 1. The van der Waals surface area contributed by atoms with Crippen molar-refractivity contribution in [1.29, 1.82) is 0 Å². The topological polar surface area (TPSA) is 66.4 Å². The summed E-state index contributed by atoms with van der Waals surface area (Å²) in [4.78, 5) is 24.1. The lowest BCUT2D eigenvalue weighted by Gasteiger charge is -2.23. The third-order valence-electron chi connectivity index (χ3n) is 5.25. The predicted octanol–water partition coefficient (Wildman–Crippen LogP) is 4.58. The summed E-state index contributed by atoms with van der Waals surface area (Å²) in [6, 6.07) is 4.94. The summed E-state index contributed by atoms with van der Waals surface area (Å²) < 4.78 is 0. The van der Waals surface area contributed by atoms with Gasteiger partial charge in [-0.05, 0) is 55.9 Å². The minimum atomic E-state index is -0.384. The molecule has 1 amide bonds. The molecule has 0 aliphatic heterocycles. The molecule has 2 N–H and O–H groups in total. The summed E-state index contributed by atoms with van der Waals surface area (Å²) in [5.74, 6) is 0.0233. The van der Waals surface area contributed by atoms with Gasteiger partial charge in [-0.25, -0.2) is 0 Å². The van der Waals surface area contributed by atoms with Crippen LogP contribution >= 0.6 is 11.6 Å². The molecule has 0 aromatic heterocycles. The molecule has 1 atom stereocenters. The van der Waals surface area contributed by atoms with Gasteiger partial charge < -0.3 is 10.4 Å². The highest BCUT2D eigenvalue weighted by atomic mass is 35.5. The van der Waals surface area contributed by atoms with Crippen LogP contribution < -0.4 is 5.32 Å². The number of nitrogens with one attached hydrogen (secondary N) is 1. The van der Waals surface area contributed by atoms with Gasteiger partial charge in [-0.2, -0.15) is 0 Å². The quantitative estimate of drug-likeness (QED) is 0.811. The number of phenolic OH excluding ortho intramolecular Hbond substituents is 1. The Kier molecular flexibility index (Phi) is 5.82. The van der Waals surface area contributed by atoms with Gasteiger partial charge in [0.15, 0.2) is 5.78 Å². The van der Waals surface area contributed by atoms with Gasteiger partial charge in [0.2, 0.25) is 0 Å². The average molecular weight is 374 g/mol. The lowest BCUT2D eigenvalue weighted by atomic mass is 9.83. The van der Waals surface area contributed by atoms with Crippen molar-refractivity contribution in [3.05, 3.63) is 52.1 Å². The summed E-state index contributed by atoms with van der Waals surface area (Å²) in [6.07, 6.45) is 9.77. The highest BCUT2D eigenvalue weighted by molar-refractivity contribution is 6.31. The number of Topliss-reactive ketones (excluding diaryl/α,β-unsaturated/α-hetero) is 1. The van der Waals surface area contributed by atoms with Crippen LogP contribution in [0.5, 0.6) is 5.75 Å². The van der Waals surface area contributed by atoms with Crippen LogP contribution in [-0.2, 0) is 4.79 Å². The average Bonchev–Trinajstić information content (AvgIpc) is 2.64. The SMILES string of the molecule is CC(=O)C1=CCC(NC(=O)c2cc(C3CCCCC3)ccc2O)C(Cl)=C1. The van der Waals surface area contributed by atoms with Crippen LogP contribution in [0.3, 0.4) is 0 Å². The van der Waals surface area contributed by atoms with Gasteiger partial charge in [-0.15, -0.1) is 0 Å². The maximum absolute atomic E-state index is 12.7. The molecular weight excluding hydrogens is 350 g/mol. The van der Waals surface area contributed by atoms with Gasteiger partial charge in [0.05, 0.1) is 11.6 Å². The molecule has 5 heteroatoms. The smallest absolute Gasteiger partial charge is 0.255 e. The van der Waals surface area contributed by atoms with E-state index < -0.39 is 0 Å². The van der Waals surface area contributed by atoms with Crippen LogP contribution in [0, 0.1) is 0 Å². The lowest BCUT2D eigenvalue weighted by molar-refractivity contribution is -0.113. The van der Waals surface area contributed by atoms with Crippen LogP contribution in [-0.4, -0.2) is 22.8 Å². The Morgan fingerprint density at radius 3 is 2.58 bits per heavy atom. The molecule has 1 aromatic carbocycles. The number of allylic oxidation sites excluding steroid dienone is 2. The molecule has 3 rings (SSSR count). The van der Waals surface area contributed by atoms with E-state index in [1.54, 1.807) is 24.3 Å². The second kappa shape index (κ2) is 8.09. The molecule has 0 bridgehead atoms. The Hall–Kier alpha value is -2.07. The van der Waals surface area contributed by atoms with Crippen LogP contribution in [0.15, 0.2) is 41.0 Å². The van der Waals surface area contributed by atoms with Gasteiger partial charge in [0, 0.05) is 10.6 Å². The number of benzene rings is 1. The number of hydrogen-bond acceptors (Lipinski definition) is 3. The van der Waals surface area contributed by atoms with Crippen molar-refractivity contribution in [2.75, 3.05) is 0 Å². The first kappa shape index (κ1) is 18.7. The molecule has 0 radical (unpaired) electrons. The molecule has 26 heavy (non-hydrogen) atoms. The zero-order valence-corrected chi connectivity index (χ0v) is 15.7. The van der Waals surface area contributed by atoms with Crippen molar-refractivity contribution in [3.8, 4) is 5.75 Å². The second-order valence-corrected chi connectivity index (χ2v) is 7.55. The fourth-order valence-corrected chi connectivity index (χ4v) is 3.96. The Morgan fingerprint density at radius 1 is 1.19 bits per heavy atom. The van der Waals surface area contributed by atoms with Crippen molar-refractivity contribution >= 4 is 23.3 Å². The van der Waals surface area contributed by atoms with Crippen molar-refractivity contribution in [1.82, 2.24) is 5.32 Å². The minimum absolute atomic E-state index is 0.0297. The van der Waals surface area contributed by atoms with E-state index in [1.807, 2.05) is 6.07 Å². The summed E-state index contributed by atoms with van der Waals surface area (Å²) in [5, 5.41) is 13.4. The third-order valence-corrected chi connectivity index (χ3v) is 5.63. The number of hydrogen-bond donors (Lipinski definition) is 2. The van der Waals surface area contributed by atoms with Crippen LogP contribution in [0.2, 0.25) is 0 Å². The van der Waals surface area contributed by atoms with E-state index in [4.69, 9.17) is 11.6 Å². The first-order chi connectivity index (χ1) is 12.5. The molecule has 1 saturated carbocycles. The molecule has 0 heterocycles. The van der Waals surface area contributed by atoms with E-state index in [0.29, 0.717) is 22.9 Å². The number of phenols is 1. The normalized spacial score (nSPS) is 20.9. The molecule has 2 aliphatic rings. The minimum Gasteiger partial charge on any atom is -0.507 e. The largest absolute Gasteiger partial charge is 0.507 e.